The van der Waals surface area contributed by atoms with Crippen LogP contribution in [0.25, 0.3) is 11.3 Å². The lowest BCUT2D eigenvalue weighted by atomic mass is 10.1. The number of benzene rings is 2. The van der Waals surface area contributed by atoms with Gasteiger partial charge in [0.25, 0.3) is 5.56 Å². The normalized spacial score (nSPS) is 10.7. The molecule has 0 fully saturated rings. The molecule has 8 nitrogen and oxygen atoms in total. The van der Waals surface area contributed by atoms with Crippen molar-refractivity contribution in [2.75, 3.05) is 12.0 Å². The van der Waals surface area contributed by atoms with Crippen molar-refractivity contribution in [2.24, 2.45) is 5.10 Å². The fraction of sp³-hybridized carbons (Fsp3) is 0.143. The number of nitrogens with zero attached hydrogens (tertiary/aromatic N) is 3. The zero-order valence-electron chi connectivity index (χ0n) is 15.7. The van der Waals surface area contributed by atoms with E-state index in [9.17, 15) is 15.2 Å². The molecular weight excluding hydrogens is 370 g/mol. The van der Waals surface area contributed by atoms with Gasteiger partial charge in [-0.25, -0.2) is 10.4 Å². The molecule has 1 heterocycles. The van der Waals surface area contributed by atoms with Crippen molar-refractivity contribution in [2.45, 2.75) is 13.5 Å². The monoisotopic (exact) mass is 389 g/mol. The first kappa shape index (κ1) is 19.8. The van der Waals surface area contributed by atoms with Crippen molar-refractivity contribution in [3.63, 3.8) is 0 Å². The number of hydrogen-bond acceptors (Lipinski definition) is 7. The first-order valence-electron chi connectivity index (χ1n) is 8.91. The van der Waals surface area contributed by atoms with E-state index in [-0.39, 0.29) is 23.8 Å². The van der Waals surface area contributed by atoms with Gasteiger partial charge in [-0.2, -0.15) is 10.4 Å². The standard InChI is InChI=1S/C21H19N5O3/c1-2-29-18-9-8-14(10-16(18)13-27)12-23-26-21-24-19(15-6-4-3-5-7-15)17(11-22)20(28)25-21/h3-10,12,27H,2,13H2,1H3,(H2,24,25,26,28). The van der Waals surface area contributed by atoms with Crippen LogP contribution in [-0.2, 0) is 6.61 Å². The molecule has 0 atom stereocenters. The number of nitriles is 1. The third-order valence-electron chi connectivity index (χ3n) is 4.02. The minimum absolute atomic E-state index is 0.0650. The number of hydrogen-bond donors (Lipinski definition) is 3. The Balaban J connectivity index is 1.85. The largest absolute Gasteiger partial charge is 0.494 e. The molecule has 0 saturated carbocycles. The number of H-pyrrole nitrogens is 1. The molecule has 2 aromatic carbocycles. The topological polar surface area (TPSA) is 123 Å². The summed E-state index contributed by atoms with van der Waals surface area (Å²) < 4.78 is 5.45. The predicted molar refractivity (Wildman–Crippen MR) is 110 cm³/mol. The second kappa shape index (κ2) is 9.30. The van der Waals surface area contributed by atoms with Gasteiger partial charge in [-0.15, -0.1) is 0 Å². The van der Waals surface area contributed by atoms with E-state index in [0.717, 1.165) is 5.56 Å². The summed E-state index contributed by atoms with van der Waals surface area (Å²) in [6.07, 6.45) is 1.52. The van der Waals surface area contributed by atoms with Gasteiger partial charge < -0.3 is 9.84 Å². The first-order chi connectivity index (χ1) is 14.2. The van der Waals surface area contributed by atoms with Crippen LogP contribution in [0.5, 0.6) is 5.75 Å². The number of hydrazone groups is 1. The average Bonchev–Trinajstić information content (AvgIpc) is 2.75. The van der Waals surface area contributed by atoms with Crippen molar-refractivity contribution in [1.29, 1.82) is 5.26 Å². The van der Waals surface area contributed by atoms with Gasteiger partial charge in [0.05, 0.1) is 25.1 Å². The lowest BCUT2D eigenvalue weighted by Crippen LogP contribution is -2.16. The van der Waals surface area contributed by atoms with Gasteiger partial charge in [0.1, 0.15) is 17.4 Å². The minimum Gasteiger partial charge on any atom is -0.494 e. The van der Waals surface area contributed by atoms with Crippen molar-refractivity contribution in [1.82, 2.24) is 9.97 Å². The quantitative estimate of drug-likeness (QED) is 0.422. The van der Waals surface area contributed by atoms with Gasteiger partial charge in [-0.3, -0.25) is 9.78 Å². The molecule has 0 unspecified atom stereocenters. The second-order valence-corrected chi connectivity index (χ2v) is 5.94. The number of ether oxygens (including phenoxy) is 1. The summed E-state index contributed by atoms with van der Waals surface area (Å²) >= 11 is 0. The maximum absolute atomic E-state index is 12.2. The van der Waals surface area contributed by atoms with Crippen LogP contribution >= 0.6 is 0 Å². The molecule has 8 heteroatoms. The molecular formula is C21H19N5O3. The van der Waals surface area contributed by atoms with Gasteiger partial charge in [0.2, 0.25) is 5.95 Å². The second-order valence-electron chi connectivity index (χ2n) is 5.94. The highest BCUT2D eigenvalue weighted by molar-refractivity contribution is 5.80. The lowest BCUT2D eigenvalue weighted by molar-refractivity contribution is 0.267. The van der Waals surface area contributed by atoms with Crippen molar-refractivity contribution < 1.29 is 9.84 Å². The minimum atomic E-state index is -0.553. The third-order valence-corrected chi connectivity index (χ3v) is 4.02. The molecule has 3 aromatic rings. The van der Waals surface area contributed by atoms with E-state index in [1.165, 1.54) is 6.21 Å². The molecule has 0 aliphatic rings. The summed E-state index contributed by atoms with van der Waals surface area (Å²) in [7, 11) is 0. The Hall–Kier alpha value is -3.96. The molecule has 3 rings (SSSR count). The fourth-order valence-electron chi connectivity index (χ4n) is 2.70. The van der Waals surface area contributed by atoms with Crippen LogP contribution < -0.4 is 15.7 Å². The Morgan fingerprint density at radius 1 is 1.31 bits per heavy atom. The maximum Gasteiger partial charge on any atom is 0.270 e. The van der Waals surface area contributed by atoms with Crippen LogP contribution in [0.3, 0.4) is 0 Å². The molecule has 0 aliphatic carbocycles. The molecule has 0 amide bonds. The van der Waals surface area contributed by atoms with E-state index >= 15 is 0 Å². The summed E-state index contributed by atoms with van der Waals surface area (Å²) in [4.78, 5) is 19.0. The van der Waals surface area contributed by atoms with Crippen LogP contribution in [0, 0.1) is 11.3 Å². The van der Waals surface area contributed by atoms with Crippen LogP contribution in [0.1, 0.15) is 23.6 Å². The highest BCUT2D eigenvalue weighted by Crippen LogP contribution is 2.20. The van der Waals surface area contributed by atoms with Crippen molar-refractivity contribution >= 4 is 12.2 Å². The van der Waals surface area contributed by atoms with E-state index in [1.54, 1.807) is 42.5 Å². The predicted octanol–water partition coefficient (Wildman–Crippen LogP) is 2.65. The molecule has 29 heavy (non-hydrogen) atoms. The molecule has 1 aromatic heterocycles. The lowest BCUT2D eigenvalue weighted by Gasteiger charge is -2.09. The number of aliphatic hydroxyl groups is 1. The first-order valence-corrected chi connectivity index (χ1v) is 8.91. The zero-order valence-corrected chi connectivity index (χ0v) is 15.7. The molecule has 0 saturated heterocycles. The van der Waals surface area contributed by atoms with E-state index in [0.29, 0.717) is 23.5 Å². The van der Waals surface area contributed by atoms with Gasteiger partial charge >= 0.3 is 0 Å². The number of aliphatic hydroxyl groups excluding tert-OH is 1. The summed E-state index contributed by atoms with van der Waals surface area (Å²) in [5.74, 6) is 0.725. The highest BCUT2D eigenvalue weighted by atomic mass is 16.5. The third kappa shape index (κ3) is 4.66. The van der Waals surface area contributed by atoms with Crippen LogP contribution in [0.4, 0.5) is 5.95 Å². The number of nitrogens with one attached hydrogen (secondary N) is 2. The molecule has 3 N–H and O–H groups in total. The Kier molecular flexibility index (Phi) is 6.35. The molecule has 0 radical (unpaired) electrons. The number of anilines is 1. The summed E-state index contributed by atoms with van der Waals surface area (Å²) in [6, 6.07) is 16.2. The van der Waals surface area contributed by atoms with Crippen molar-refractivity contribution in [3.05, 3.63) is 75.6 Å². The van der Waals surface area contributed by atoms with Crippen LogP contribution in [-0.4, -0.2) is 27.9 Å². The molecule has 146 valence electrons. The number of aromatic amines is 1. The average molecular weight is 389 g/mol. The molecule has 0 bridgehead atoms. The van der Waals surface area contributed by atoms with Gasteiger partial charge in [0.15, 0.2) is 0 Å². The van der Waals surface area contributed by atoms with Crippen LogP contribution in [0.2, 0.25) is 0 Å². The van der Waals surface area contributed by atoms with Crippen LogP contribution in [0.15, 0.2) is 58.4 Å². The molecule has 0 spiro atoms. The van der Waals surface area contributed by atoms with E-state index in [4.69, 9.17) is 4.74 Å². The number of aromatic nitrogens is 2. The highest BCUT2D eigenvalue weighted by Gasteiger charge is 2.12. The Labute approximate surface area is 167 Å². The SMILES string of the molecule is CCOc1ccc(C=NNc2nc(-c3ccccc3)c(C#N)c(=O)[nH]2)cc1CO. The van der Waals surface area contributed by atoms with E-state index in [1.807, 2.05) is 19.1 Å². The number of rotatable bonds is 7. The summed E-state index contributed by atoms with van der Waals surface area (Å²) in [5, 5.41) is 22.9. The van der Waals surface area contributed by atoms with Gasteiger partial charge in [0, 0.05) is 11.1 Å². The van der Waals surface area contributed by atoms with Crippen molar-refractivity contribution in [3.8, 4) is 23.1 Å². The zero-order chi connectivity index (χ0) is 20.6. The summed E-state index contributed by atoms with van der Waals surface area (Å²) in [6.45, 7) is 2.22. The smallest absolute Gasteiger partial charge is 0.270 e. The Morgan fingerprint density at radius 2 is 2.10 bits per heavy atom. The van der Waals surface area contributed by atoms with Gasteiger partial charge in [-0.1, -0.05) is 30.3 Å². The van der Waals surface area contributed by atoms with Gasteiger partial charge in [-0.05, 0) is 30.7 Å². The Bertz CT molecular complexity index is 1120. The summed E-state index contributed by atoms with van der Waals surface area (Å²) in [5.41, 5.74) is 4.36. The van der Waals surface area contributed by atoms with E-state index in [2.05, 4.69) is 20.5 Å². The van der Waals surface area contributed by atoms with E-state index < -0.39 is 5.56 Å². The maximum atomic E-state index is 12.2. The molecule has 0 aliphatic heterocycles. The fourth-order valence-corrected chi connectivity index (χ4v) is 2.70. The Morgan fingerprint density at radius 3 is 2.79 bits per heavy atom.